The van der Waals surface area contributed by atoms with Crippen molar-refractivity contribution >= 4 is 5.96 Å². The SMILES string of the molecule is CCNC(=NCc1nc(C)c(C)o1)NCCc1cc(F)ccc1F. The van der Waals surface area contributed by atoms with Crippen molar-refractivity contribution in [1.82, 2.24) is 15.6 Å². The van der Waals surface area contributed by atoms with Gasteiger partial charge in [0.25, 0.3) is 0 Å². The van der Waals surface area contributed by atoms with Crippen molar-refractivity contribution in [3.05, 3.63) is 52.7 Å². The second-order valence-electron chi connectivity index (χ2n) is 5.36. The fourth-order valence-electron chi connectivity index (χ4n) is 2.15. The molecule has 0 saturated carbocycles. The van der Waals surface area contributed by atoms with E-state index < -0.39 is 11.6 Å². The first-order valence-corrected chi connectivity index (χ1v) is 7.88. The van der Waals surface area contributed by atoms with Gasteiger partial charge in [0.15, 0.2) is 5.96 Å². The molecule has 2 aromatic rings. The van der Waals surface area contributed by atoms with E-state index in [-0.39, 0.29) is 0 Å². The summed E-state index contributed by atoms with van der Waals surface area (Å²) in [4.78, 5) is 8.65. The van der Waals surface area contributed by atoms with Crippen LogP contribution in [0.5, 0.6) is 0 Å². The molecule has 0 aliphatic rings. The molecule has 2 N–H and O–H groups in total. The minimum Gasteiger partial charge on any atom is -0.444 e. The summed E-state index contributed by atoms with van der Waals surface area (Å²) in [5, 5.41) is 6.18. The van der Waals surface area contributed by atoms with Crippen LogP contribution >= 0.6 is 0 Å². The average Bonchev–Trinajstić information content (AvgIpc) is 2.86. The molecule has 0 amide bonds. The van der Waals surface area contributed by atoms with E-state index in [0.29, 0.717) is 43.5 Å². The van der Waals surface area contributed by atoms with Crippen LogP contribution in [0, 0.1) is 25.5 Å². The molecule has 24 heavy (non-hydrogen) atoms. The molecular formula is C17H22F2N4O. The van der Waals surface area contributed by atoms with Crippen LogP contribution in [0.4, 0.5) is 8.78 Å². The number of nitrogens with zero attached hydrogens (tertiary/aromatic N) is 2. The first kappa shape index (κ1) is 17.9. The van der Waals surface area contributed by atoms with E-state index in [1.54, 1.807) is 0 Å². The fraction of sp³-hybridized carbons (Fsp3) is 0.412. The van der Waals surface area contributed by atoms with Crippen molar-refractivity contribution in [3.8, 4) is 0 Å². The van der Waals surface area contributed by atoms with Crippen LogP contribution in [0.3, 0.4) is 0 Å². The molecule has 0 radical (unpaired) electrons. The highest BCUT2D eigenvalue weighted by molar-refractivity contribution is 5.79. The first-order valence-electron chi connectivity index (χ1n) is 7.88. The molecule has 0 atom stereocenters. The van der Waals surface area contributed by atoms with Gasteiger partial charge in [-0.2, -0.15) is 0 Å². The first-order chi connectivity index (χ1) is 11.5. The molecule has 5 nitrogen and oxygen atoms in total. The molecule has 0 aliphatic carbocycles. The van der Waals surface area contributed by atoms with Crippen LogP contribution in [-0.2, 0) is 13.0 Å². The van der Waals surface area contributed by atoms with Crippen LogP contribution in [0.1, 0.15) is 29.8 Å². The van der Waals surface area contributed by atoms with E-state index in [9.17, 15) is 8.78 Å². The van der Waals surface area contributed by atoms with Gasteiger partial charge in [-0.05, 0) is 51.0 Å². The Bertz CT molecular complexity index is 693. The summed E-state index contributed by atoms with van der Waals surface area (Å²) >= 11 is 0. The number of rotatable bonds is 6. The van der Waals surface area contributed by atoms with Crippen molar-refractivity contribution in [3.63, 3.8) is 0 Å². The number of nitrogens with one attached hydrogen (secondary N) is 2. The Labute approximate surface area is 140 Å². The van der Waals surface area contributed by atoms with Gasteiger partial charge in [-0.15, -0.1) is 0 Å². The molecule has 0 aliphatic heterocycles. The molecule has 0 bridgehead atoms. The highest BCUT2D eigenvalue weighted by Gasteiger charge is 2.07. The predicted molar refractivity (Wildman–Crippen MR) is 88.9 cm³/mol. The number of benzene rings is 1. The van der Waals surface area contributed by atoms with Crippen LogP contribution < -0.4 is 10.6 Å². The van der Waals surface area contributed by atoms with Gasteiger partial charge in [0, 0.05) is 13.1 Å². The molecular weight excluding hydrogens is 314 g/mol. The van der Waals surface area contributed by atoms with Gasteiger partial charge in [-0.1, -0.05) is 0 Å². The van der Waals surface area contributed by atoms with Crippen molar-refractivity contribution in [2.24, 2.45) is 4.99 Å². The maximum atomic E-state index is 13.6. The summed E-state index contributed by atoms with van der Waals surface area (Å²) in [7, 11) is 0. The van der Waals surface area contributed by atoms with Crippen LogP contribution in [0.15, 0.2) is 27.6 Å². The average molecular weight is 336 g/mol. The summed E-state index contributed by atoms with van der Waals surface area (Å²) in [6.07, 6.45) is 0.352. The minimum atomic E-state index is -0.443. The fourth-order valence-corrected chi connectivity index (χ4v) is 2.15. The van der Waals surface area contributed by atoms with Crippen molar-refractivity contribution < 1.29 is 13.2 Å². The second-order valence-corrected chi connectivity index (χ2v) is 5.36. The summed E-state index contributed by atoms with van der Waals surface area (Å²) < 4.78 is 32.2. The van der Waals surface area contributed by atoms with Gasteiger partial charge < -0.3 is 15.1 Å². The molecule has 130 valence electrons. The lowest BCUT2D eigenvalue weighted by Gasteiger charge is -2.11. The maximum Gasteiger partial charge on any atom is 0.216 e. The third kappa shape index (κ3) is 5.04. The lowest BCUT2D eigenvalue weighted by atomic mass is 10.1. The zero-order valence-corrected chi connectivity index (χ0v) is 14.1. The number of aliphatic imine (C=N–C) groups is 1. The maximum absolute atomic E-state index is 13.6. The molecule has 1 heterocycles. The molecule has 1 aromatic heterocycles. The highest BCUT2D eigenvalue weighted by Crippen LogP contribution is 2.10. The van der Waals surface area contributed by atoms with E-state index in [4.69, 9.17) is 4.42 Å². The zero-order valence-electron chi connectivity index (χ0n) is 14.1. The third-order valence-corrected chi connectivity index (χ3v) is 3.48. The highest BCUT2D eigenvalue weighted by atomic mass is 19.1. The number of halogens is 2. The molecule has 0 saturated heterocycles. The summed E-state index contributed by atoms with van der Waals surface area (Å²) in [6.45, 7) is 7.09. The largest absolute Gasteiger partial charge is 0.444 e. The summed E-state index contributed by atoms with van der Waals surface area (Å²) in [5.41, 5.74) is 1.18. The number of oxazole rings is 1. The minimum absolute atomic E-state index is 0.304. The Morgan fingerprint density at radius 2 is 2.04 bits per heavy atom. The molecule has 7 heteroatoms. The van der Waals surface area contributed by atoms with Gasteiger partial charge in [0.2, 0.25) is 5.89 Å². The lowest BCUT2D eigenvalue weighted by molar-refractivity contribution is 0.473. The van der Waals surface area contributed by atoms with Crippen LogP contribution in [-0.4, -0.2) is 24.0 Å². The molecule has 1 aromatic carbocycles. The predicted octanol–water partition coefficient (Wildman–Crippen LogP) is 2.87. The molecule has 0 fully saturated rings. The van der Waals surface area contributed by atoms with Crippen molar-refractivity contribution in [2.75, 3.05) is 13.1 Å². The van der Waals surface area contributed by atoms with Gasteiger partial charge in [0.1, 0.15) is 23.9 Å². The smallest absolute Gasteiger partial charge is 0.216 e. The van der Waals surface area contributed by atoms with E-state index in [2.05, 4.69) is 20.6 Å². The Morgan fingerprint density at radius 3 is 2.71 bits per heavy atom. The normalized spacial score (nSPS) is 11.6. The Balaban J connectivity index is 1.92. The van der Waals surface area contributed by atoms with E-state index in [1.807, 2.05) is 20.8 Å². The lowest BCUT2D eigenvalue weighted by Crippen LogP contribution is -2.38. The Kier molecular flexibility index (Phi) is 6.28. The number of hydrogen-bond donors (Lipinski definition) is 2. The summed E-state index contributed by atoms with van der Waals surface area (Å²) in [5.74, 6) is 1.04. The molecule has 0 unspecified atom stereocenters. The van der Waals surface area contributed by atoms with E-state index >= 15 is 0 Å². The van der Waals surface area contributed by atoms with Gasteiger partial charge in [0.05, 0.1) is 5.69 Å². The van der Waals surface area contributed by atoms with Gasteiger partial charge in [-0.3, -0.25) is 0 Å². The topological polar surface area (TPSA) is 62.5 Å². The van der Waals surface area contributed by atoms with Crippen LogP contribution in [0.2, 0.25) is 0 Å². The van der Waals surface area contributed by atoms with Crippen molar-refractivity contribution in [1.29, 1.82) is 0 Å². The third-order valence-electron chi connectivity index (χ3n) is 3.48. The Morgan fingerprint density at radius 1 is 1.25 bits per heavy atom. The zero-order chi connectivity index (χ0) is 17.5. The number of aromatic nitrogens is 1. The van der Waals surface area contributed by atoms with Crippen molar-refractivity contribution in [2.45, 2.75) is 33.7 Å². The standard InChI is InChI=1S/C17H22F2N4O/c1-4-20-17(22-10-16-23-11(2)12(3)24-16)21-8-7-13-9-14(18)5-6-15(13)19/h5-6,9H,4,7-8,10H2,1-3H3,(H2,20,21,22). The number of aryl methyl sites for hydroxylation is 2. The van der Waals surface area contributed by atoms with E-state index in [0.717, 1.165) is 23.6 Å². The number of hydrogen-bond acceptors (Lipinski definition) is 3. The number of guanidine groups is 1. The summed E-state index contributed by atoms with van der Waals surface area (Å²) in [6, 6.07) is 3.45. The van der Waals surface area contributed by atoms with Gasteiger partial charge in [-0.25, -0.2) is 18.8 Å². The quantitative estimate of drug-likeness (QED) is 0.629. The van der Waals surface area contributed by atoms with Crippen LogP contribution in [0.25, 0.3) is 0 Å². The van der Waals surface area contributed by atoms with Gasteiger partial charge >= 0.3 is 0 Å². The molecule has 0 spiro atoms. The molecule has 2 rings (SSSR count). The monoisotopic (exact) mass is 336 g/mol. The van der Waals surface area contributed by atoms with E-state index in [1.165, 1.54) is 6.07 Å². The second kappa shape index (κ2) is 8.42. The Hall–Kier alpha value is -2.44.